The molecule has 0 spiro atoms. The van der Waals surface area contributed by atoms with Crippen LogP contribution < -0.4 is 9.47 Å². The van der Waals surface area contributed by atoms with E-state index < -0.39 is 0 Å². The summed E-state index contributed by atoms with van der Waals surface area (Å²) in [7, 11) is 0. The van der Waals surface area contributed by atoms with Gasteiger partial charge in [-0.3, -0.25) is 4.98 Å². The van der Waals surface area contributed by atoms with Gasteiger partial charge in [0.05, 0.1) is 31.0 Å². The molecule has 3 atom stereocenters. The van der Waals surface area contributed by atoms with Crippen LogP contribution >= 0.6 is 0 Å². The predicted molar refractivity (Wildman–Crippen MR) is 117 cm³/mol. The monoisotopic (exact) mass is 423 g/mol. The Kier molecular flexibility index (Phi) is 5.78. The van der Waals surface area contributed by atoms with Crippen molar-refractivity contribution in [3.05, 3.63) is 36.7 Å². The Hall–Kier alpha value is -2.64. The number of fused-ring (bicyclic) bond motifs is 4. The van der Waals surface area contributed by atoms with Crippen LogP contribution in [-0.4, -0.2) is 46.8 Å². The Bertz CT molecular complexity index is 1040. The van der Waals surface area contributed by atoms with Crippen LogP contribution in [0.2, 0.25) is 0 Å². The largest absolute Gasteiger partial charge is 0.491 e. The number of rotatable bonds is 1. The second-order valence-electron chi connectivity index (χ2n) is 8.42. The molecule has 0 radical (unpaired) electrons. The van der Waals surface area contributed by atoms with Crippen molar-refractivity contribution in [2.75, 3.05) is 19.8 Å². The summed E-state index contributed by atoms with van der Waals surface area (Å²) >= 11 is 0. The molecule has 0 aliphatic carbocycles. The molecule has 31 heavy (non-hydrogen) atoms. The topological polar surface area (TPSA) is 67.6 Å². The van der Waals surface area contributed by atoms with Gasteiger partial charge in [0.2, 0.25) is 0 Å². The zero-order chi connectivity index (χ0) is 21.2. The highest BCUT2D eigenvalue weighted by atomic mass is 16.5. The van der Waals surface area contributed by atoms with E-state index in [1.807, 2.05) is 29.9 Å². The van der Waals surface area contributed by atoms with Crippen molar-refractivity contribution in [2.24, 2.45) is 0 Å². The molecule has 1 fully saturated rings. The van der Waals surface area contributed by atoms with Crippen molar-refractivity contribution in [3.63, 3.8) is 0 Å². The minimum Gasteiger partial charge on any atom is -0.491 e. The van der Waals surface area contributed by atoms with Crippen LogP contribution in [0.1, 0.15) is 45.8 Å². The summed E-state index contributed by atoms with van der Waals surface area (Å²) in [6, 6.07) is 8.16. The average Bonchev–Trinajstić information content (AvgIpc) is 3.16. The Morgan fingerprint density at radius 1 is 0.935 bits per heavy atom. The van der Waals surface area contributed by atoms with Crippen molar-refractivity contribution >= 4 is 10.9 Å². The van der Waals surface area contributed by atoms with E-state index in [9.17, 15) is 0 Å². The molecule has 164 valence electrons. The Balaban J connectivity index is 1.63. The van der Waals surface area contributed by atoms with E-state index in [0.717, 1.165) is 60.2 Å². The first kappa shape index (κ1) is 20.3. The zero-order valence-electron chi connectivity index (χ0n) is 18.1. The van der Waals surface area contributed by atoms with E-state index in [-0.39, 0.29) is 18.4 Å². The van der Waals surface area contributed by atoms with Crippen molar-refractivity contribution in [3.8, 4) is 22.8 Å². The highest BCUT2D eigenvalue weighted by Gasteiger charge is 2.23. The highest BCUT2D eigenvalue weighted by molar-refractivity contribution is 5.94. The van der Waals surface area contributed by atoms with E-state index in [4.69, 9.17) is 24.0 Å². The van der Waals surface area contributed by atoms with Crippen LogP contribution in [0.3, 0.4) is 0 Å². The third-order valence-electron chi connectivity index (χ3n) is 5.79. The summed E-state index contributed by atoms with van der Waals surface area (Å²) in [5, 5.41) is 6.02. The fraction of sp³-hybridized carbons (Fsp3) is 0.500. The third kappa shape index (κ3) is 4.38. The summed E-state index contributed by atoms with van der Waals surface area (Å²) in [4.78, 5) is 4.41. The number of pyridine rings is 1. The summed E-state index contributed by atoms with van der Waals surface area (Å²) < 4.78 is 26.1. The van der Waals surface area contributed by atoms with E-state index >= 15 is 0 Å². The van der Waals surface area contributed by atoms with Gasteiger partial charge in [-0.05, 0) is 57.4 Å². The molecule has 1 aromatic carbocycles. The maximum absolute atomic E-state index is 6.19. The molecule has 2 aliphatic rings. The number of nitrogens with zero attached hydrogens (tertiary/aromatic N) is 3. The van der Waals surface area contributed by atoms with Crippen LogP contribution in [0, 0.1) is 0 Å². The molecule has 2 aromatic heterocycles. The standard InChI is InChI=1S/C24H29N3O4/c1-16-8-10-28-15-17(2)31-20-11-18(13-25-14-20)24-21-12-19(30-16)6-7-22(21)27(26-24)23-5-3-4-9-29-23/h6-7,11-14,16-17,23H,3-5,8-10,15H2,1-2H3/t16-,17-,23?/m1/s1. The normalized spacial score (nSPS) is 24.8. The minimum absolute atomic E-state index is 0.0432. The lowest BCUT2D eigenvalue weighted by molar-refractivity contribution is -0.0365. The minimum atomic E-state index is -0.0762. The maximum atomic E-state index is 6.19. The quantitative estimate of drug-likeness (QED) is 0.563. The lowest BCUT2D eigenvalue weighted by Crippen LogP contribution is -2.21. The second-order valence-corrected chi connectivity index (χ2v) is 8.42. The summed E-state index contributed by atoms with van der Waals surface area (Å²) in [6.07, 6.45) is 7.50. The summed E-state index contributed by atoms with van der Waals surface area (Å²) in [5.74, 6) is 1.54. The maximum Gasteiger partial charge on any atom is 0.150 e. The molecule has 0 saturated carbocycles. The number of benzene rings is 1. The van der Waals surface area contributed by atoms with Gasteiger partial charge in [-0.25, -0.2) is 4.68 Å². The Morgan fingerprint density at radius 3 is 2.71 bits per heavy atom. The number of aromatic nitrogens is 3. The van der Waals surface area contributed by atoms with E-state index in [1.54, 1.807) is 6.20 Å². The second kappa shape index (κ2) is 8.85. The molecular weight excluding hydrogens is 394 g/mol. The SMILES string of the molecule is C[C@@H]1CCOC[C@@H](C)Oc2cncc(c2)-c2nn(C3CCCCO3)c3ccc(cc23)O1. The Labute approximate surface area is 182 Å². The van der Waals surface area contributed by atoms with Crippen LogP contribution in [0.25, 0.3) is 22.2 Å². The van der Waals surface area contributed by atoms with E-state index in [0.29, 0.717) is 19.0 Å². The average molecular weight is 424 g/mol. The van der Waals surface area contributed by atoms with Crippen LogP contribution in [0.5, 0.6) is 11.5 Å². The van der Waals surface area contributed by atoms with Crippen molar-refractivity contribution in [1.82, 2.24) is 14.8 Å². The van der Waals surface area contributed by atoms with E-state index in [2.05, 4.69) is 24.0 Å². The highest BCUT2D eigenvalue weighted by Crippen LogP contribution is 2.35. The van der Waals surface area contributed by atoms with Crippen molar-refractivity contribution < 1.29 is 18.9 Å². The third-order valence-corrected chi connectivity index (χ3v) is 5.79. The summed E-state index contributed by atoms with van der Waals surface area (Å²) in [5.41, 5.74) is 2.80. The van der Waals surface area contributed by atoms with Gasteiger partial charge in [-0.2, -0.15) is 5.10 Å². The molecule has 2 aliphatic heterocycles. The fourth-order valence-corrected chi connectivity index (χ4v) is 4.21. The molecule has 0 N–H and O–H groups in total. The van der Waals surface area contributed by atoms with Crippen LogP contribution in [0.4, 0.5) is 0 Å². The number of hydrogen-bond donors (Lipinski definition) is 0. The first-order chi connectivity index (χ1) is 15.2. The molecule has 1 saturated heterocycles. The van der Waals surface area contributed by atoms with Gasteiger partial charge in [-0.15, -0.1) is 0 Å². The summed E-state index contributed by atoms with van der Waals surface area (Å²) in [6.45, 7) is 5.98. The first-order valence-electron chi connectivity index (χ1n) is 11.2. The lowest BCUT2D eigenvalue weighted by Gasteiger charge is -2.23. The molecular formula is C24H29N3O4. The van der Waals surface area contributed by atoms with Gasteiger partial charge in [-0.1, -0.05) is 0 Å². The van der Waals surface area contributed by atoms with Gasteiger partial charge >= 0.3 is 0 Å². The molecule has 7 heteroatoms. The number of ether oxygens (including phenoxy) is 4. The van der Waals surface area contributed by atoms with Crippen LogP contribution in [0.15, 0.2) is 36.7 Å². The van der Waals surface area contributed by atoms with Crippen molar-refractivity contribution in [2.45, 2.75) is 58.0 Å². The van der Waals surface area contributed by atoms with Crippen LogP contribution in [-0.2, 0) is 9.47 Å². The Morgan fingerprint density at radius 2 is 1.84 bits per heavy atom. The van der Waals surface area contributed by atoms with Gasteiger partial charge in [0.15, 0.2) is 6.23 Å². The molecule has 7 nitrogen and oxygen atoms in total. The molecule has 0 amide bonds. The molecule has 3 aromatic rings. The lowest BCUT2D eigenvalue weighted by atomic mass is 10.1. The van der Waals surface area contributed by atoms with Gasteiger partial charge in [0, 0.05) is 30.2 Å². The predicted octanol–water partition coefficient (Wildman–Crippen LogP) is 4.75. The van der Waals surface area contributed by atoms with Gasteiger partial charge in [0.1, 0.15) is 23.3 Å². The zero-order valence-corrected chi connectivity index (χ0v) is 18.1. The van der Waals surface area contributed by atoms with Gasteiger partial charge < -0.3 is 18.9 Å². The molecule has 1 unspecified atom stereocenters. The smallest absolute Gasteiger partial charge is 0.150 e. The number of hydrogen-bond acceptors (Lipinski definition) is 6. The van der Waals surface area contributed by atoms with Gasteiger partial charge in [0.25, 0.3) is 0 Å². The molecule has 4 bridgehead atoms. The van der Waals surface area contributed by atoms with Crippen molar-refractivity contribution in [1.29, 1.82) is 0 Å². The fourth-order valence-electron chi connectivity index (χ4n) is 4.21. The molecule has 4 heterocycles. The van der Waals surface area contributed by atoms with E-state index in [1.165, 1.54) is 0 Å². The molecule has 5 rings (SSSR count). The first-order valence-corrected chi connectivity index (χ1v) is 11.2.